The van der Waals surface area contributed by atoms with Gasteiger partial charge in [-0.1, -0.05) is 63.9 Å². The molecule has 1 fully saturated rings. The molecule has 1 heteroatoms. The van der Waals surface area contributed by atoms with Gasteiger partial charge in [-0.25, -0.2) is 0 Å². The van der Waals surface area contributed by atoms with Crippen LogP contribution in [0.1, 0.15) is 64.5 Å². The van der Waals surface area contributed by atoms with E-state index in [4.69, 9.17) is 0 Å². The Morgan fingerprint density at radius 3 is 2.37 bits per heavy atom. The van der Waals surface area contributed by atoms with Crippen LogP contribution in [0, 0.1) is 11.3 Å². The van der Waals surface area contributed by atoms with Crippen molar-refractivity contribution >= 4 is 0 Å². The second-order valence-electron chi connectivity index (χ2n) is 6.50. The van der Waals surface area contributed by atoms with Crippen LogP contribution in [-0.2, 0) is 0 Å². The molecule has 0 saturated heterocycles. The topological polar surface area (TPSA) is 12.0 Å². The van der Waals surface area contributed by atoms with Gasteiger partial charge in [-0.3, -0.25) is 0 Å². The van der Waals surface area contributed by atoms with Gasteiger partial charge in [0.1, 0.15) is 0 Å². The first-order valence-corrected chi connectivity index (χ1v) is 7.96. The van der Waals surface area contributed by atoms with E-state index < -0.39 is 0 Å². The normalized spacial score (nSPS) is 18.5. The van der Waals surface area contributed by atoms with Crippen molar-refractivity contribution in [1.82, 2.24) is 5.32 Å². The van der Waals surface area contributed by atoms with E-state index in [0.717, 1.165) is 5.92 Å². The Balaban J connectivity index is 1.95. The highest BCUT2D eigenvalue weighted by atomic mass is 14.9. The third kappa shape index (κ3) is 3.82. The molecule has 0 aromatic heterocycles. The summed E-state index contributed by atoms with van der Waals surface area (Å²) in [4.78, 5) is 0. The molecule has 0 amide bonds. The predicted octanol–water partition coefficient (Wildman–Crippen LogP) is 4.94. The summed E-state index contributed by atoms with van der Waals surface area (Å²) in [5, 5.41) is 3.85. The van der Waals surface area contributed by atoms with Crippen LogP contribution in [0.2, 0.25) is 0 Å². The number of rotatable bonds is 8. The first kappa shape index (κ1) is 14.6. The number of nitrogens with one attached hydrogen (secondary N) is 1. The van der Waals surface area contributed by atoms with Gasteiger partial charge in [0.25, 0.3) is 0 Å². The van der Waals surface area contributed by atoms with Crippen LogP contribution in [0.3, 0.4) is 0 Å². The molecule has 1 aliphatic carbocycles. The summed E-state index contributed by atoms with van der Waals surface area (Å²) in [5.74, 6) is 0.808. The molecule has 1 N–H and O–H groups in total. The van der Waals surface area contributed by atoms with Crippen LogP contribution >= 0.6 is 0 Å². The molecule has 1 nitrogen and oxygen atoms in total. The SMILES string of the molecule is CCCCC(NCC1(C(C)C)CC1)c1ccccc1. The molecule has 19 heavy (non-hydrogen) atoms. The summed E-state index contributed by atoms with van der Waals surface area (Å²) in [6.07, 6.45) is 6.66. The Labute approximate surface area is 118 Å². The van der Waals surface area contributed by atoms with Crippen molar-refractivity contribution in [3.63, 3.8) is 0 Å². The number of hydrogen-bond acceptors (Lipinski definition) is 1. The van der Waals surface area contributed by atoms with Gasteiger partial charge in [0.15, 0.2) is 0 Å². The molecule has 1 aromatic carbocycles. The minimum Gasteiger partial charge on any atom is -0.309 e. The molecule has 0 aliphatic heterocycles. The zero-order chi connectivity index (χ0) is 13.7. The van der Waals surface area contributed by atoms with Crippen molar-refractivity contribution in [1.29, 1.82) is 0 Å². The van der Waals surface area contributed by atoms with E-state index in [1.165, 1.54) is 44.2 Å². The summed E-state index contributed by atoms with van der Waals surface area (Å²) in [5.41, 5.74) is 2.05. The quantitative estimate of drug-likeness (QED) is 0.697. The molecule has 106 valence electrons. The van der Waals surface area contributed by atoms with Crippen LogP contribution < -0.4 is 5.32 Å². The van der Waals surface area contributed by atoms with Crippen LogP contribution in [0.5, 0.6) is 0 Å². The lowest BCUT2D eigenvalue weighted by Gasteiger charge is -2.25. The van der Waals surface area contributed by atoms with Crippen molar-refractivity contribution in [2.45, 2.75) is 58.9 Å². The average Bonchev–Trinajstić information content (AvgIpc) is 3.21. The van der Waals surface area contributed by atoms with Gasteiger partial charge in [-0.05, 0) is 36.2 Å². The summed E-state index contributed by atoms with van der Waals surface area (Å²) >= 11 is 0. The van der Waals surface area contributed by atoms with E-state index in [0.29, 0.717) is 11.5 Å². The maximum atomic E-state index is 3.85. The minimum atomic E-state index is 0.539. The maximum Gasteiger partial charge on any atom is 0.0320 e. The fraction of sp³-hybridized carbons (Fsp3) is 0.667. The number of hydrogen-bond donors (Lipinski definition) is 1. The van der Waals surface area contributed by atoms with E-state index >= 15 is 0 Å². The van der Waals surface area contributed by atoms with Crippen LogP contribution in [0.15, 0.2) is 30.3 Å². The average molecular weight is 259 g/mol. The second kappa shape index (κ2) is 6.56. The fourth-order valence-corrected chi connectivity index (χ4v) is 2.93. The number of unbranched alkanes of at least 4 members (excludes halogenated alkanes) is 1. The Morgan fingerprint density at radius 2 is 1.84 bits per heavy atom. The molecule has 0 spiro atoms. The molecule has 1 saturated carbocycles. The smallest absolute Gasteiger partial charge is 0.0320 e. The van der Waals surface area contributed by atoms with Gasteiger partial charge in [0.2, 0.25) is 0 Å². The predicted molar refractivity (Wildman–Crippen MR) is 83.2 cm³/mol. The van der Waals surface area contributed by atoms with Gasteiger partial charge < -0.3 is 5.32 Å². The van der Waals surface area contributed by atoms with Crippen molar-refractivity contribution in [2.75, 3.05) is 6.54 Å². The van der Waals surface area contributed by atoms with Crippen LogP contribution in [-0.4, -0.2) is 6.54 Å². The Kier molecular flexibility index (Phi) is 5.04. The standard InChI is InChI=1S/C18H29N/c1-4-5-11-17(16-9-7-6-8-10-16)19-14-18(12-13-18)15(2)3/h6-10,15,17,19H,4-5,11-14H2,1-3H3. The van der Waals surface area contributed by atoms with Gasteiger partial charge >= 0.3 is 0 Å². The minimum absolute atomic E-state index is 0.539. The Hall–Kier alpha value is -0.820. The number of benzene rings is 1. The largest absolute Gasteiger partial charge is 0.309 e. The molecule has 0 radical (unpaired) electrons. The third-order valence-electron chi connectivity index (χ3n) is 4.87. The zero-order valence-electron chi connectivity index (χ0n) is 12.8. The monoisotopic (exact) mass is 259 g/mol. The van der Waals surface area contributed by atoms with E-state index in [1.807, 2.05) is 0 Å². The van der Waals surface area contributed by atoms with E-state index in [1.54, 1.807) is 0 Å². The first-order chi connectivity index (χ1) is 9.18. The van der Waals surface area contributed by atoms with Crippen LogP contribution in [0.25, 0.3) is 0 Å². The second-order valence-corrected chi connectivity index (χ2v) is 6.50. The molecule has 2 rings (SSSR count). The Morgan fingerprint density at radius 1 is 1.16 bits per heavy atom. The van der Waals surface area contributed by atoms with Crippen LogP contribution in [0.4, 0.5) is 0 Å². The molecule has 1 aliphatic rings. The van der Waals surface area contributed by atoms with E-state index in [9.17, 15) is 0 Å². The summed E-state index contributed by atoms with van der Waals surface area (Å²) in [6.45, 7) is 8.21. The van der Waals surface area contributed by atoms with Gasteiger partial charge in [-0.15, -0.1) is 0 Å². The Bertz CT molecular complexity index is 365. The molecular formula is C18H29N. The molecule has 0 bridgehead atoms. The lowest BCUT2D eigenvalue weighted by molar-refractivity contribution is 0.314. The summed E-state index contributed by atoms with van der Waals surface area (Å²) in [6, 6.07) is 11.5. The van der Waals surface area contributed by atoms with E-state index in [-0.39, 0.29) is 0 Å². The fourth-order valence-electron chi connectivity index (χ4n) is 2.93. The summed E-state index contributed by atoms with van der Waals surface area (Å²) in [7, 11) is 0. The summed E-state index contributed by atoms with van der Waals surface area (Å²) < 4.78 is 0. The lowest BCUT2D eigenvalue weighted by Crippen LogP contribution is -2.31. The highest BCUT2D eigenvalue weighted by molar-refractivity contribution is 5.19. The van der Waals surface area contributed by atoms with Gasteiger partial charge in [0.05, 0.1) is 0 Å². The maximum absolute atomic E-state index is 3.85. The molecule has 1 unspecified atom stereocenters. The third-order valence-corrected chi connectivity index (χ3v) is 4.87. The van der Waals surface area contributed by atoms with Crippen molar-refractivity contribution < 1.29 is 0 Å². The molecule has 1 atom stereocenters. The highest BCUT2D eigenvalue weighted by Gasteiger charge is 2.45. The molecule has 0 heterocycles. The van der Waals surface area contributed by atoms with E-state index in [2.05, 4.69) is 56.4 Å². The zero-order valence-corrected chi connectivity index (χ0v) is 12.8. The van der Waals surface area contributed by atoms with Crippen molar-refractivity contribution in [3.8, 4) is 0 Å². The van der Waals surface area contributed by atoms with Gasteiger partial charge in [-0.2, -0.15) is 0 Å². The molecule has 1 aromatic rings. The van der Waals surface area contributed by atoms with Crippen molar-refractivity contribution in [3.05, 3.63) is 35.9 Å². The molecular weight excluding hydrogens is 230 g/mol. The van der Waals surface area contributed by atoms with Gasteiger partial charge in [0, 0.05) is 12.6 Å². The first-order valence-electron chi connectivity index (χ1n) is 7.96. The highest BCUT2D eigenvalue weighted by Crippen LogP contribution is 2.51. The lowest BCUT2D eigenvalue weighted by atomic mass is 9.91. The van der Waals surface area contributed by atoms with Crippen molar-refractivity contribution in [2.24, 2.45) is 11.3 Å².